The lowest BCUT2D eigenvalue weighted by Gasteiger charge is -2.22. The van der Waals surface area contributed by atoms with Crippen LogP contribution >= 0.6 is 31.3 Å². The first-order valence-electron chi connectivity index (χ1n) is 12.9. The van der Waals surface area contributed by atoms with E-state index in [-0.39, 0.29) is 53.3 Å². The first kappa shape index (κ1) is 34.9. The van der Waals surface area contributed by atoms with E-state index < -0.39 is 42.8 Å². The minimum atomic E-state index is -4.10. The van der Waals surface area contributed by atoms with E-state index in [4.69, 9.17) is 28.8 Å². The Balaban J connectivity index is 2.07. The van der Waals surface area contributed by atoms with Crippen molar-refractivity contribution in [3.8, 4) is 0 Å². The number of phosphoric ester groups is 1. The summed E-state index contributed by atoms with van der Waals surface area (Å²) in [5.74, 6) is 0.316. The van der Waals surface area contributed by atoms with Gasteiger partial charge in [-0.25, -0.2) is 9.36 Å². The topological polar surface area (TPSA) is 158 Å². The van der Waals surface area contributed by atoms with Crippen LogP contribution in [0.15, 0.2) is 17.1 Å². The van der Waals surface area contributed by atoms with Crippen LogP contribution in [-0.4, -0.2) is 70.4 Å². The lowest BCUT2D eigenvalue weighted by atomic mass is 9.99. The number of hydrogen-bond acceptors (Lipinski definition) is 13. The Morgan fingerprint density at radius 2 is 1.57 bits per heavy atom. The largest absolute Gasteiger partial charge is 0.474 e. The normalized spacial score (nSPS) is 22.0. The van der Waals surface area contributed by atoms with Gasteiger partial charge in [-0.15, -0.1) is 0 Å². The van der Waals surface area contributed by atoms with Crippen LogP contribution in [0.1, 0.15) is 54.7 Å². The molecule has 12 nitrogen and oxygen atoms in total. The number of anilines is 1. The number of carbonyl (C=O) groups is 2. The summed E-state index contributed by atoms with van der Waals surface area (Å²) in [6, 6.07) is 1.48. The summed E-state index contributed by atoms with van der Waals surface area (Å²) in [6.07, 6.45) is -0.497. The Kier molecular flexibility index (Phi) is 12.9. The summed E-state index contributed by atoms with van der Waals surface area (Å²) in [7, 11) is -2.60. The molecule has 0 aliphatic carbocycles. The number of phosphoric acid groups is 1. The molecule has 0 unspecified atom stereocenters. The van der Waals surface area contributed by atoms with E-state index in [1.807, 2.05) is 48.5 Å². The maximum absolute atomic E-state index is 13.5. The van der Waals surface area contributed by atoms with Gasteiger partial charge in [0, 0.05) is 41.6 Å². The predicted octanol–water partition coefficient (Wildman–Crippen LogP) is 4.14. The summed E-state index contributed by atoms with van der Waals surface area (Å²) in [5.41, 5.74) is 3.96. The third-order valence-electron chi connectivity index (χ3n) is 5.85. The zero-order valence-electron chi connectivity index (χ0n) is 24.4. The maximum atomic E-state index is 13.5. The number of nitrogens with zero attached hydrogens (tertiary/aromatic N) is 2. The van der Waals surface area contributed by atoms with Gasteiger partial charge in [-0.2, -0.15) is 4.98 Å². The molecule has 1 aliphatic rings. The minimum absolute atomic E-state index is 0.0258. The molecule has 15 heteroatoms. The number of thioether (sulfide) groups is 2. The smallest absolute Gasteiger partial charge is 0.383 e. The lowest BCUT2D eigenvalue weighted by molar-refractivity contribution is -0.118. The van der Waals surface area contributed by atoms with Gasteiger partial charge in [0.15, 0.2) is 16.5 Å². The van der Waals surface area contributed by atoms with Crippen LogP contribution in [0.2, 0.25) is 0 Å². The van der Waals surface area contributed by atoms with Gasteiger partial charge in [0.05, 0.1) is 25.9 Å². The van der Waals surface area contributed by atoms with Gasteiger partial charge in [0.25, 0.3) is 0 Å². The molecule has 1 fully saturated rings. The van der Waals surface area contributed by atoms with E-state index in [0.29, 0.717) is 0 Å². The molecule has 1 aromatic rings. The third-order valence-corrected chi connectivity index (χ3v) is 9.80. The molecule has 2 rings (SSSR count). The second-order valence-corrected chi connectivity index (χ2v) is 15.2. The Hall–Kier alpha value is -1.25. The first-order valence-corrected chi connectivity index (χ1v) is 16.3. The molecule has 2 heterocycles. The van der Waals surface area contributed by atoms with Crippen LogP contribution in [0, 0.1) is 16.7 Å². The van der Waals surface area contributed by atoms with Gasteiger partial charge >= 0.3 is 13.5 Å². The third kappa shape index (κ3) is 10.2. The molecule has 4 atom stereocenters. The fraction of sp³-hybridized carbons (Fsp3) is 0.760. The van der Waals surface area contributed by atoms with E-state index >= 15 is 0 Å². The summed E-state index contributed by atoms with van der Waals surface area (Å²) in [6.45, 7) is 12.4. The average Bonchev–Trinajstić information content (AvgIpc) is 3.16. The van der Waals surface area contributed by atoms with Crippen molar-refractivity contribution >= 4 is 47.4 Å². The Labute approximate surface area is 244 Å². The first-order chi connectivity index (χ1) is 18.5. The number of aromatic nitrogens is 2. The SMILES string of the molecule is CO[C@@H]1[C@H](C)[C@@H](COP(=O)(OCCSC(=O)C(C)(C)C)OCCSC(=O)C(C)(C)C)O[C@H]1n1ccc(N)nc1=O. The summed E-state index contributed by atoms with van der Waals surface area (Å²) >= 11 is 2.15. The zero-order valence-corrected chi connectivity index (χ0v) is 26.9. The maximum Gasteiger partial charge on any atom is 0.474 e. The Bertz CT molecular complexity index is 1080. The van der Waals surface area contributed by atoms with E-state index in [0.717, 1.165) is 23.5 Å². The quantitative estimate of drug-likeness (QED) is 0.247. The fourth-order valence-electron chi connectivity index (χ4n) is 3.49. The van der Waals surface area contributed by atoms with Gasteiger partial charge < -0.3 is 15.2 Å². The fourth-order valence-corrected chi connectivity index (χ4v) is 6.49. The van der Waals surface area contributed by atoms with Crippen molar-refractivity contribution in [2.45, 2.75) is 66.9 Å². The van der Waals surface area contributed by atoms with E-state index in [1.54, 1.807) is 0 Å². The monoisotopic (exact) mass is 623 g/mol. The van der Waals surface area contributed by atoms with Crippen molar-refractivity contribution in [1.29, 1.82) is 0 Å². The molecule has 1 aliphatic heterocycles. The van der Waals surface area contributed by atoms with Gasteiger partial charge in [0.1, 0.15) is 11.9 Å². The lowest BCUT2D eigenvalue weighted by Crippen LogP contribution is -2.34. The highest BCUT2D eigenvalue weighted by Gasteiger charge is 2.45. The van der Waals surface area contributed by atoms with Crippen molar-refractivity contribution in [1.82, 2.24) is 9.55 Å². The van der Waals surface area contributed by atoms with Crippen LogP contribution in [0.4, 0.5) is 5.82 Å². The number of ether oxygens (including phenoxy) is 2. The molecular weight excluding hydrogens is 581 g/mol. The molecule has 2 N–H and O–H groups in total. The average molecular weight is 624 g/mol. The highest BCUT2D eigenvalue weighted by Crippen LogP contribution is 2.51. The van der Waals surface area contributed by atoms with Crippen molar-refractivity contribution in [3.63, 3.8) is 0 Å². The molecule has 0 aromatic carbocycles. The van der Waals surface area contributed by atoms with Gasteiger partial charge in [-0.05, 0) is 6.07 Å². The molecule has 0 amide bonds. The zero-order chi connectivity index (χ0) is 30.3. The summed E-state index contributed by atoms with van der Waals surface area (Å²) in [5, 5.41) is -0.0517. The van der Waals surface area contributed by atoms with Crippen LogP contribution in [0.3, 0.4) is 0 Å². The molecule has 0 saturated carbocycles. The molecule has 40 heavy (non-hydrogen) atoms. The van der Waals surface area contributed by atoms with Gasteiger partial charge in [-0.3, -0.25) is 27.7 Å². The number of methoxy groups -OCH3 is 1. The number of carbonyl (C=O) groups excluding carboxylic acids is 2. The van der Waals surface area contributed by atoms with Gasteiger partial charge in [-0.1, -0.05) is 72.0 Å². The van der Waals surface area contributed by atoms with Crippen LogP contribution in [0.25, 0.3) is 0 Å². The molecule has 1 saturated heterocycles. The highest BCUT2D eigenvalue weighted by molar-refractivity contribution is 8.14. The molecule has 228 valence electrons. The van der Waals surface area contributed by atoms with E-state index in [2.05, 4.69) is 4.98 Å². The molecule has 0 bridgehead atoms. The molecule has 1 aromatic heterocycles. The number of nitrogens with two attached hydrogens (primary N) is 1. The van der Waals surface area contributed by atoms with E-state index in [1.165, 1.54) is 23.9 Å². The second-order valence-electron chi connectivity index (χ2n) is 11.3. The summed E-state index contributed by atoms with van der Waals surface area (Å²) in [4.78, 5) is 40.6. The number of rotatable bonds is 13. The van der Waals surface area contributed by atoms with E-state index in [9.17, 15) is 18.9 Å². The van der Waals surface area contributed by atoms with Crippen LogP contribution in [-0.2, 0) is 37.2 Å². The number of nitrogen functional groups attached to an aromatic ring is 1. The van der Waals surface area contributed by atoms with Crippen molar-refractivity contribution in [2.24, 2.45) is 16.7 Å². The molecular formula is C25H42N3O9PS2. The number of hydrogen-bond donors (Lipinski definition) is 1. The minimum Gasteiger partial charge on any atom is -0.383 e. The van der Waals surface area contributed by atoms with Crippen molar-refractivity contribution in [3.05, 3.63) is 22.7 Å². The Morgan fingerprint density at radius 3 is 2.02 bits per heavy atom. The molecule has 0 spiro atoms. The van der Waals surface area contributed by atoms with Crippen LogP contribution in [0.5, 0.6) is 0 Å². The van der Waals surface area contributed by atoms with Crippen molar-refractivity contribution < 1.29 is 37.2 Å². The van der Waals surface area contributed by atoms with Crippen LogP contribution < -0.4 is 11.4 Å². The Morgan fingerprint density at radius 1 is 1.05 bits per heavy atom. The second kappa shape index (κ2) is 14.8. The predicted molar refractivity (Wildman–Crippen MR) is 156 cm³/mol. The van der Waals surface area contributed by atoms with Crippen molar-refractivity contribution in [2.75, 3.05) is 44.2 Å². The highest BCUT2D eigenvalue weighted by atomic mass is 32.2. The standard InChI is InChI=1S/C25H42N3O9PS2/c1-16-17(37-20(19(16)33-8)28-10-9-18(26)27-23(28)31)15-36-38(32,34-11-13-39-21(29)24(2,3)4)35-12-14-40-22(30)25(5,6)7/h9-10,16-17,19-20H,11-15H2,1-8H3,(H2,26,27,31)/t16-,17-,19-,20-/m1/s1. The summed E-state index contributed by atoms with van der Waals surface area (Å²) < 4.78 is 43.2. The molecule has 0 radical (unpaired) electrons. The van der Waals surface area contributed by atoms with Gasteiger partial charge in [0.2, 0.25) is 0 Å².